The Labute approximate surface area is 175 Å². The molecule has 0 spiro atoms. The van der Waals surface area contributed by atoms with Crippen molar-refractivity contribution in [2.24, 2.45) is 0 Å². The average molecular weight is 434 g/mol. The summed E-state index contributed by atoms with van der Waals surface area (Å²) >= 11 is 11.9. The van der Waals surface area contributed by atoms with Crippen LogP contribution in [0.25, 0.3) is 16.9 Å². The van der Waals surface area contributed by atoms with Crippen LogP contribution in [0.4, 0.5) is 4.39 Å². The molecule has 1 aliphatic rings. The van der Waals surface area contributed by atoms with Gasteiger partial charge in [-0.1, -0.05) is 23.2 Å². The van der Waals surface area contributed by atoms with E-state index in [0.29, 0.717) is 30.0 Å². The van der Waals surface area contributed by atoms with Gasteiger partial charge in [0.15, 0.2) is 5.69 Å². The molecule has 1 aliphatic heterocycles. The summed E-state index contributed by atoms with van der Waals surface area (Å²) in [5.41, 5.74) is 1.81. The molecular weight excluding hydrogens is 420 g/mol. The monoisotopic (exact) mass is 433 g/mol. The third-order valence-electron chi connectivity index (χ3n) is 4.42. The van der Waals surface area contributed by atoms with E-state index < -0.39 is 5.82 Å². The predicted octanol–water partition coefficient (Wildman–Crippen LogP) is 2.95. The van der Waals surface area contributed by atoms with Crippen LogP contribution >= 0.6 is 23.2 Å². The van der Waals surface area contributed by atoms with E-state index in [2.05, 4.69) is 15.4 Å². The van der Waals surface area contributed by atoms with Crippen LogP contribution in [0.5, 0.6) is 0 Å². The molecule has 7 nitrogen and oxygen atoms in total. The van der Waals surface area contributed by atoms with Gasteiger partial charge in [0.25, 0.3) is 5.91 Å². The van der Waals surface area contributed by atoms with E-state index in [1.165, 1.54) is 34.0 Å². The molecule has 0 unspecified atom stereocenters. The third-order valence-corrected chi connectivity index (χ3v) is 4.92. The van der Waals surface area contributed by atoms with Crippen molar-refractivity contribution in [2.45, 2.75) is 0 Å². The van der Waals surface area contributed by atoms with Crippen LogP contribution in [-0.2, 0) is 4.79 Å². The predicted molar refractivity (Wildman–Crippen MR) is 106 cm³/mol. The van der Waals surface area contributed by atoms with Gasteiger partial charge in [-0.25, -0.2) is 14.1 Å². The Morgan fingerprint density at radius 1 is 1.17 bits per heavy atom. The highest BCUT2D eigenvalue weighted by molar-refractivity contribution is 6.31. The van der Waals surface area contributed by atoms with Gasteiger partial charge in [-0.05, 0) is 36.4 Å². The average Bonchev–Trinajstić information content (AvgIpc) is 3.15. The van der Waals surface area contributed by atoms with Crippen LogP contribution in [0.1, 0.15) is 10.5 Å². The Kier molecular flexibility index (Phi) is 5.21. The summed E-state index contributed by atoms with van der Waals surface area (Å²) in [7, 11) is 0. The lowest BCUT2D eigenvalue weighted by molar-refractivity contribution is -0.123. The van der Waals surface area contributed by atoms with E-state index in [-0.39, 0.29) is 34.2 Å². The fourth-order valence-corrected chi connectivity index (χ4v) is 3.39. The maximum Gasteiger partial charge on any atom is 0.274 e. The second-order valence-electron chi connectivity index (χ2n) is 6.37. The molecule has 3 heterocycles. The maximum absolute atomic E-state index is 13.6. The van der Waals surface area contributed by atoms with E-state index in [9.17, 15) is 14.0 Å². The molecule has 2 amide bonds. The minimum Gasteiger partial charge on any atom is -0.353 e. The zero-order valence-electron chi connectivity index (χ0n) is 14.9. The lowest BCUT2D eigenvalue weighted by atomic mass is 10.1. The summed E-state index contributed by atoms with van der Waals surface area (Å²) in [5.74, 6) is -1.17. The number of pyridine rings is 1. The van der Waals surface area contributed by atoms with Gasteiger partial charge in [0.05, 0.1) is 22.9 Å². The highest BCUT2D eigenvalue weighted by Gasteiger charge is 2.26. The molecule has 2 aromatic heterocycles. The molecule has 0 radical (unpaired) electrons. The number of amides is 2. The molecule has 1 fully saturated rings. The third kappa shape index (κ3) is 3.94. The minimum absolute atomic E-state index is 0.0372. The second kappa shape index (κ2) is 7.81. The molecular formula is C19H14Cl2FN5O2. The molecule has 1 N–H and O–H groups in total. The first kappa shape index (κ1) is 19.4. The van der Waals surface area contributed by atoms with Crippen molar-refractivity contribution in [3.8, 4) is 16.9 Å². The Hall–Kier alpha value is -2.97. The molecule has 0 aliphatic carbocycles. The number of piperazine rings is 1. The number of carbonyl (C=O) groups is 2. The Morgan fingerprint density at radius 3 is 2.72 bits per heavy atom. The molecule has 3 aromatic rings. The summed E-state index contributed by atoms with van der Waals surface area (Å²) in [4.78, 5) is 29.9. The zero-order valence-corrected chi connectivity index (χ0v) is 16.4. The number of benzene rings is 1. The number of hydrogen-bond acceptors (Lipinski definition) is 4. The normalized spacial score (nSPS) is 14.0. The van der Waals surface area contributed by atoms with Crippen molar-refractivity contribution in [3.05, 3.63) is 64.3 Å². The minimum atomic E-state index is -0.563. The lowest BCUT2D eigenvalue weighted by Gasteiger charge is -2.25. The first-order valence-electron chi connectivity index (χ1n) is 8.66. The van der Waals surface area contributed by atoms with Crippen molar-refractivity contribution >= 4 is 35.0 Å². The summed E-state index contributed by atoms with van der Waals surface area (Å²) in [6, 6.07) is 9.08. The SMILES string of the molecule is O=C1CN(C(=O)c2cc(-c3ccnc(Cl)c3)n(-c3ccc(F)c(Cl)c3)n2)CCN1. The highest BCUT2D eigenvalue weighted by atomic mass is 35.5. The number of carbonyl (C=O) groups excluding carboxylic acids is 2. The summed E-state index contributed by atoms with van der Waals surface area (Å²) in [5, 5.41) is 7.28. The molecule has 0 saturated carbocycles. The van der Waals surface area contributed by atoms with E-state index in [0.717, 1.165) is 0 Å². The molecule has 10 heteroatoms. The van der Waals surface area contributed by atoms with Crippen molar-refractivity contribution in [2.75, 3.05) is 19.6 Å². The van der Waals surface area contributed by atoms with Crippen LogP contribution < -0.4 is 5.32 Å². The molecule has 1 saturated heterocycles. The number of halogens is 3. The Morgan fingerprint density at radius 2 is 2.00 bits per heavy atom. The van der Waals surface area contributed by atoms with Crippen molar-refractivity contribution < 1.29 is 14.0 Å². The van der Waals surface area contributed by atoms with Crippen LogP contribution in [0.15, 0.2) is 42.6 Å². The molecule has 29 heavy (non-hydrogen) atoms. The highest BCUT2D eigenvalue weighted by Crippen LogP contribution is 2.28. The number of nitrogens with one attached hydrogen (secondary N) is 1. The van der Waals surface area contributed by atoms with E-state index >= 15 is 0 Å². The first-order chi connectivity index (χ1) is 13.9. The van der Waals surface area contributed by atoms with Gasteiger partial charge >= 0.3 is 0 Å². The van der Waals surface area contributed by atoms with Crippen LogP contribution in [-0.4, -0.2) is 51.1 Å². The van der Waals surface area contributed by atoms with Crippen LogP contribution in [0.2, 0.25) is 10.2 Å². The second-order valence-corrected chi connectivity index (χ2v) is 7.16. The van der Waals surface area contributed by atoms with Gasteiger partial charge in [-0.2, -0.15) is 5.10 Å². The van der Waals surface area contributed by atoms with Crippen LogP contribution in [0, 0.1) is 5.82 Å². The largest absolute Gasteiger partial charge is 0.353 e. The van der Waals surface area contributed by atoms with Crippen molar-refractivity contribution in [1.29, 1.82) is 0 Å². The maximum atomic E-state index is 13.6. The molecule has 0 bridgehead atoms. The fourth-order valence-electron chi connectivity index (χ4n) is 3.04. The number of rotatable bonds is 3. The summed E-state index contributed by atoms with van der Waals surface area (Å²) in [6.45, 7) is 0.729. The van der Waals surface area contributed by atoms with Gasteiger partial charge < -0.3 is 10.2 Å². The molecule has 148 valence electrons. The van der Waals surface area contributed by atoms with E-state index in [4.69, 9.17) is 23.2 Å². The van der Waals surface area contributed by atoms with Gasteiger partial charge in [0.2, 0.25) is 5.91 Å². The van der Waals surface area contributed by atoms with Gasteiger partial charge in [-0.15, -0.1) is 0 Å². The molecule has 0 atom stereocenters. The quantitative estimate of drug-likeness (QED) is 0.643. The molecule has 1 aromatic carbocycles. The smallest absolute Gasteiger partial charge is 0.274 e. The van der Waals surface area contributed by atoms with E-state index in [1.807, 2.05) is 0 Å². The standard InChI is InChI=1S/C19H14Cl2FN5O2/c20-13-8-12(1-2-14(13)22)27-16(11-3-4-23-17(21)7-11)9-15(25-27)19(29)26-6-5-24-18(28)10-26/h1-4,7-9H,5-6,10H2,(H,24,28). The topological polar surface area (TPSA) is 80.1 Å². The molecule has 4 rings (SSSR count). The van der Waals surface area contributed by atoms with E-state index in [1.54, 1.807) is 18.2 Å². The van der Waals surface area contributed by atoms with Gasteiger partial charge in [0, 0.05) is 24.8 Å². The number of hydrogen-bond donors (Lipinski definition) is 1. The Bertz CT molecular complexity index is 1120. The Balaban J connectivity index is 1.81. The van der Waals surface area contributed by atoms with Gasteiger partial charge in [-0.3, -0.25) is 9.59 Å². The lowest BCUT2D eigenvalue weighted by Crippen LogP contribution is -2.50. The van der Waals surface area contributed by atoms with Crippen molar-refractivity contribution in [3.63, 3.8) is 0 Å². The number of aromatic nitrogens is 3. The first-order valence-corrected chi connectivity index (χ1v) is 9.41. The number of nitrogens with zero attached hydrogens (tertiary/aromatic N) is 4. The van der Waals surface area contributed by atoms with Crippen LogP contribution in [0.3, 0.4) is 0 Å². The fraction of sp³-hybridized carbons (Fsp3) is 0.158. The zero-order chi connectivity index (χ0) is 20.5. The van der Waals surface area contributed by atoms with Gasteiger partial charge in [0.1, 0.15) is 11.0 Å². The van der Waals surface area contributed by atoms with Crippen molar-refractivity contribution in [1.82, 2.24) is 25.0 Å². The summed E-state index contributed by atoms with van der Waals surface area (Å²) in [6.07, 6.45) is 1.53. The summed E-state index contributed by atoms with van der Waals surface area (Å²) < 4.78 is 15.1.